The number of rotatable bonds is 3. The molecule has 0 aromatic heterocycles. The van der Waals surface area contributed by atoms with Crippen LogP contribution in [0.5, 0.6) is 11.5 Å². The van der Waals surface area contributed by atoms with Crippen LogP contribution < -0.4 is 4.74 Å². The van der Waals surface area contributed by atoms with Crippen molar-refractivity contribution in [1.29, 1.82) is 0 Å². The summed E-state index contributed by atoms with van der Waals surface area (Å²) in [7, 11) is 0. The molecule has 0 saturated carbocycles. The Labute approximate surface area is 107 Å². The van der Waals surface area contributed by atoms with Crippen molar-refractivity contribution in [3.63, 3.8) is 0 Å². The Morgan fingerprint density at radius 2 is 2.00 bits per heavy atom. The average Bonchev–Trinajstić information content (AvgIpc) is 2.30. The monoisotopic (exact) mass is 296 g/mol. The third-order valence-corrected chi connectivity index (χ3v) is 2.71. The molecular weight excluding hydrogens is 287 g/mol. The molecule has 0 aliphatic rings. The van der Waals surface area contributed by atoms with Crippen LogP contribution in [0.3, 0.4) is 0 Å². The van der Waals surface area contributed by atoms with Gasteiger partial charge in [0.1, 0.15) is 23.9 Å². The van der Waals surface area contributed by atoms with Gasteiger partial charge >= 0.3 is 0 Å². The zero-order valence-corrected chi connectivity index (χ0v) is 10.4. The van der Waals surface area contributed by atoms with E-state index in [1.165, 1.54) is 12.1 Å². The zero-order chi connectivity index (χ0) is 12.3. The van der Waals surface area contributed by atoms with Gasteiger partial charge in [0.25, 0.3) is 0 Å². The summed E-state index contributed by atoms with van der Waals surface area (Å²) in [6, 6.07) is 11.1. The van der Waals surface area contributed by atoms with Crippen molar-refractivity contribution in [2.45, 2.75) is 6.61 Å². The summed E-state index contributed by atoms with van der Waals surface area (Å²) < 4.78 is 19.6. The van der Waals surface area contributed by atoms with Gasteiger partial charge in [-0.3, -0.25) is 0 Å². The van der Waals surface area contributed by atoms with E-state index in [9.17, 15) is 9.50 Å². The van der Waals surface area contributed by atoms with Crippen molar-refractivity contribution >= 4 is 15.9 Å². The van der Waals surface area contributed by atoms with Crippen LogP contribution in [-0.4, -0.2) is 5.11 Å². The van der Waals surface area contributed by atoms with Crippen LogP contribution in [-0.2, 0) is 6.61 Å². The lowest BCUT2D eigenvalue weighted by atomic mass is 10.2. The van der Waals surface area contributed by atoms with E-state index in [4.69, 9.17) is 4.74 Å². The summed E-state index contributed by atoms with van der Waals surface area (Å²) >= 11 is 3.27. The van der Waals surface area contributed by atoms with Gasteiger partial charge in [-0.1, -0.05) is 22.0 Å². The standard InChI is InChI=1S/C13H10BrFO2/c14-10-4-5-13(15)9(6-10)8-17-12-3-1-2-11(16)7-12/h1-7,16H,8H2. The highest BCUT2D eigenvalue weighted by atomic mass is 79.9. The van der Waals surface area contributed by atoms with Gasteiger partial charge in [-0.15, -0.1) is 0 Å². The minimum atomic E-state index is -0.312. The number of aromatic hydroxyl groups is 1. The molecule has 0 radical (unpaired) electrons. The summed E-state index contributed by atoms with van der Waals surface area (Å²) in [6.07, 6.45) is 0. The Hall–Kier alpha value is -1.55. The molecule has 0 saturated heterocycles. The summed E-state index contributed by atoms with van der Waals surface area (Å²) in [4.78, 5) is 0. The second-order valence-electron chi connectivity index (χ2n) is 3.52. The molecule has 0 aliphatic heterocycles. The van der Waals surface area contributed by atoms with Crippen LogP contribution in [0, 0.1) is 5.82 Å². The number of ether oxygens (including phenoxy) is 1. The van der Waals surface area contributed by atoms with E-state index in [0.29, 0.717) is 11.3 Å². The first kappa shape index (κ1) is 11.9. The topological polar surface area (TPSA) is 29.5 Å². The number of phenols is 1. The van der Waals surface area contributed by atoms with Gasteiger partial charge in [-0.25, -0.2) is 4.39 Å². The second kappa shape index (κ2) is 5.19. The van der Waals surface area contributed by atoms with Gasteiger partial charge in [0, 0.05) is 16.1 Å². The Morgan fingerprint density at radius 1 is 1.18 bits per heavy atom. The molecule has 0 unspecified atom stereocenters. The number of halogens is 2. The third kappa shape index (κ3) is 3.20. The maximum Gasteiger partial charge on any atom is 0.129 e. The van der Waals surface area contributed by atoms with Crippen molar-refractivity contribution < 1.29 is 14.2 Å². The van der Waals surface area contributed by atoms with E-state index in [1.54, 1.807) is 30.3 Å². The van der Waals surface area contributed by atoms with Crippen LogP contribution in [0.2, 0.25) is 0 Å². The number of hydrogen-bond donors (Lipinski definition) is 1. The molecule has 17 heavy (non-hydrogen) atoms. The Morgan fingerprint density at radius 3 is 2.76 bits per heavy atom. The third-order valence-electron chi connectivity index (χ3n) is 2.22. The lowest BCUT2D eigenvalue weighted by Crippen LogP contribution is -1.98. The molecule has 2 aromatic carbocycles. The van der Waals surface area contributed by atoms with Gasteiger partial charge < -0.3 is 9.84 Å². The zero-order valence-electron chi connectivity index (χ0n) is 8.86. The Kier molecular flexibility index (Phi) is 3.64. The van der Waals surface area contributed by atoms with Crippen molar-refractivity contribution in [3.05, 3.63) is 58.3 Å². The van der Waals surface area contributed by atoms with E-state index >= 15 is 0 Å². The van der Waals surface area contributed by atoms with Crippen molar-refractivity contribution in [1.82, 2.24) is 0 Å². The number of benzene rings is 2. The molecule has 4 heteroatoms. The molecule has 0 spiro atoms. The maximum absolute atomic E-state index is 13.4. The first-order valence-corrected chi connectivity index (χ1v) is 5.80. The van der Waals surface area contributed by atoms with Gasteiger partial charge in [0.15, 0.2) is 0 Å². The summed E-state index contributed by atoms with van der Waals surface area (Å²) in [5.41, 5.74) is 0.461. The summed E-state index contributed by atoms with van der Waals surface area (Å²) in [6.45, 7) is 0.120. The minimum Gasteiger partial charge on any atom is -0.508 e. The minimum absolute atomic E-state index is 0.120. The lowest BCUT2D eigenvalue weighted by Gasteiger charge is -2.07. The Balaban J connectivity index is 2.09. The summed E-state index contributed by atoms with van der Waals surface area (Å²) in [5, 5.41) is 9.25. The fraction of sp³-hybridized carbons (Fsp3) is 0.0769. The van der Waals surface area contributed by atoms with Gasteiger partial charge in [0.2, 0.25) is 0 Å². The predicted molar refractivity (Wildman–Crippen MR) is 66.5 cm³/mol. The van der Waals surface area contributed by atoms with Crippen molar-refractivity contribution in [2.75, 3.05) is 0 Å². The molecule has 0 atom stereocenters. The number of hydrogen-bond acceptors (Lipinski definition) is 2. The largest absolute Gasteiger partial charge is 0.508 e. The molecule has 0 fully saturated rings. The molecule has 0 heterocycles. The van der Waals surface area contributed by atoms with Gasteiger partial charge in [0.05, 0.1) is 0 Å². The SMILES string of the molecule is Oc1cccc(OCc2cc(Br)ccc2F)c1. The quantitative estimate of drug-likeness (QED) is 0.931. The fourth-order valence-corrected chi connectivity index (χ4v) is 1.80. The van der Waals surface area contributed by atoms with Crippen molar-refractivity contribution in [2.24, 2.45) is 0 Å². The molecule has 0 bridgehead atoms. The van der Waals surface area contributed by atoms with Crippen LogP contribution in [0.1, 0.15) is 5.56 Å². The van der Waals surface area contributed by atoms with E-state index in [1.807, 2.05) is 0 Å². The molecule has 0 aliphatic carbocycles. The van der Waals surface area contributed by atoms with E-state index in [0.717, 1.165) is 4.47 Å². The second-order valence-corrected chi connectivity index (χ2v) is 4.44. The molecule has 1 N–H and O–H groups in total. The molecule has 2 aromatic rings. The van der Waals surface area contributed by atoms with Crippen LogP contribution in [0.15, 0.2) is 46.9 Å². The van der Waals surface area contributed by atoms with E-state index in [2.05, 4.69) is 15.9 Å². The van der Waals surface area contributed by atoms with Crippen LogP contribution in [0.4, 0.5) is 4.39 Å². The van der Waals surface area contributed by atoms with Gasteiger partial charge in [-0.05, 0) is 30.3 Å². The van der Waals surface area contributed by atoms with E-state index in [-0.39, 0.29) is 18.2 Å². The molecular formula is C13H10BrFO2. The van der Waals surface area contributed by atoms with Crippen LogP contribution >= 0.6 is 15.9 Å². The highest BCUT2D eigenvalue weighted by Crippen LogP contribution is 2.21. The smallest absolute Gasteiger partial charge is 0.129 e. The summed E-state index contributed by atoms with van der Waals surface area (Å²) in [5.74, 6) is 0.315. The molecule has 0 amide bonds. The first-order valence-electron chi connectivity index (χ1n) is 5.01. The predicted octanol–water partition coefficient (Wildman–Crippen LogP) is 3.87. The van der Waals surface area contributed by atoms with Crippen molar-refractivity contribution in [3.8, 4) is 11.5 Å². The average molecular weight is 297 g/mol. The highest BCUT2D eigenvalue weighted by molar-refractivity contribution is 9.10. The maximum atomic E-state index is 13.4. The lowest BCUT2D eigenvalue weighted by molar-refractivity contribution is 0.298. The first-order chi connectivity index (χ1) is 8.15. The highest BCUT2D eigenvalue weighted by Gasteiger charge is 2.04. The molecule has 2 nitrogen and oxygen atoms in total. The molecule has 2 rings (SSSR count). The normalized spacial score (nSPS) is 10.2. The Bertz CT molecular complexity index is 529. The fourth-order valence-electron chi connectivity index (χ4n) is 1.39. The number of phenolic OH excluding ortho intramolecular Hbond substituents is 1. The van der Waals surface area contributed by atoms with Crippen LogP contribution in [0.25, 0.3) is 0 Å². The van der Waals surface area contributed by atoms with Gasteiger partial charge in [-0.2, -0.15) is 0 Å². The molecule has 88 valence electrons. The van der Waals surface area contributed by atoms with E-state index < -0.39 is 0 Å².